The summed E-state index contributed by atoms with van der Waals surface area (Å²) in [5.74, 6) is -1.64. The maximum atomic E-state index is 10.7. The van der Waals surface area contributed by atoms with Gasteiger partial charge in [0.15, 0.2) is 0 Å². The molecule has 0 aromatic carbocycles. The minimum atomic E-state index is -1.36. The standard InChI is InChI=1S/C6H5NO4/c8-3-1-4(6(10)11)5(9)7-2-3/h1-2,8H,(H,7,9)(H,10,11). The first-order valence-electron chi connectivity index (χ1n) is 2.76. The van der Waals surface area contributed by atoms with Crippen LogP contribution in [0, 0.1) is 0 Å². The lowest BCUT2D eigenvalue weighted by atomic mass is 10.3. The lowest BCUT2D eigenvalue weighted by molar-refractivity contribution is 0.0694. The van der Waals surface area contributed by atoms with Gasteiger partial charge in [0.1, 0.15) is 11.3 Å². The third kappa shape index (κ3) is 1.37. The van der Waals surface area contributed by atoms with Crippen molar-refractivity contribution in [1.29, 1.82) is 0 Å². The molecular formula is C6H5NO4. The molecule has 1 rings (SSSR count). The molecule has 0 amide bonds. The van der Waals surface area contributed by atoms with Gasteiger partial charge in [0.05, 0.1) is 0 Å². The SMILES string of the molecule is O=C(O)c1cc(O)c[nH]c1=O. The minimum absolute atomic E-state index is 0.276. The van der Waals surface area contributed by atoms with Crippen LogP contribution in [0.25, 0.3) is 0 Å². The van der Waals surface area contributed by atoms with Gasteiger partial charge in [0, 0.05) is 12.3 Å². The van der Waals surface area contributed by atoms with Gasteiger partial charge in [-0.3, -0.25) is 4.79 Å². The van der Waals surface area contributed by atoms with E-state index in [2.05, 4.69) is 4.98 Å². The largest absolute Gasteiger partial charge is 0.506 e. The Kier molecular flexibility index (Phi) is 1.63. The second-order valence-corrected chi connectivity index (χ2v) is 1.91. The van der Waals surface area contributed by atoms with E-state index in [-0.39, 0.29) is 5.75 Å². The number of carboxylic acids is 1. The number of pyridine rings is 1. The van der Waals surface area contributed by atoms with Crippen LogP contribution in [0.15, 0.2) is 17.1 Å². The van der Waals surface area contributed by atoms with Gasteiger partial charge >= 0.3 is 5.97 Å². The summed E-state index contributed by atoms with van der Waals surface area (Å²) in [6.07, 6.45) is 1.02. The van der Waals surface area contributed by atoms with Crippen LogP contribution >= 0.6 is 0 Å². The highest BCUT2D eigenvalue weighted by Gasteiger charge is 2.07. The Morgan fingerprint density at radius 3 is 2.64 bits per heavy atom. The molecule has 0 aliphatic carbocycles. The van der Waals surface area contributed by atoms with Crippen molar-refractivity contribution >= 4 is 5.97 Å². The molecule has 0 saturated carbocycles. The predicted molar refractivity (Wildman–Crippen MR) is 35.7 cm³/mol. The van der Waals surface area contributed by atoms with Gasteiger partial charge in [-0.1, -0.05) is 0 Å². The van der Waals surface area contributed by atoms with Crippen molar-refractivity contribution in [2.75, 3.05) is 0 Å². The number of aromatic hydroxyl groups is 1. The van der Waals surface area contributed by atoms with E-state index in [0.717, 1.165) is 12.3 Å². The van der Waals surface area contributed by atoms with E-state index >= 15 is 0 Å². The normalized spacial score (nSPS) is 9.45. The van der Waals surface area contributed by atoms with Gasteiger partial charge < -0.3 is 15.2 Å². The van der Waals surface area contributed by atoms with Gasteiger partial charge in [-0.25, -0.2) is 4.79 Å². The molecule has 5 nitrogen and oxygen atoms in total. The summed E-state index contributed by atoms with van der Waals surface area (Å²) < 4.78 is 0. The van der Waals surface area contributed by atoms with Crippen LogP contribution in [0.3, 0.4) is 0 Å². The van der Waals surface area contributed by atoms with Crippen molar-refractivity contribution in [3.05, 3.63) is 28.2 Å². The molecule has 5 heteroatoms. The average molecular weight is 155 g/mol. The number of rotatable bonds is 1. The van der Waals surface area contributed by atoms with E-state index in [4.69, 9.17) is 10.2 Å². The molecule has 58 valence electrons. The zero-order valence-electron chi connectivity index (χ0n) is 5.37. The number of hydrogen-bond donors (Lipinski definition) is 3. The zero-order valence-corrected chi connectivity index (χ0v) is 5.37. The molecule has 1 heterocycles. The number of aromatic nitrogens is 1. The highest BCUT2D eigenvalue weighted by atomic mass is 16.4. The molecule has 0 radical (unpaired) electrons. The van der Waals surface area contributed by atoms with E-state index < -0.39 is 17.1 Å². The first-order chi connectivity index (χ1) is 5.11. The number of nitrogens with one attached hydrogen (secondary N) is 1. The van der Waals surface area contributed by atoms with E-state index in [0.29, 0.717) is 0 Å². The summed E-state index contributed by atoms with van der Waals surface area (Å²) >= 11 is 0. The van der Waals surface area contributed by atoms with Crippen molar-refractivity contribution in [3.8, 4) is 5.75 Å². The van der Waals surface area contributed by atoms with Crippen molar-refractivity contribution in [3.63, 3.8) is 0 Å². The summed E-state index contributed by atoms with van der Waals surface area (Å²) in [5, 5.41) is 17.1. The third-order valence-electron chi connectivity index (χ3n) is 1.12. The van der Waals surface area contributed by atoms with Crippen LogP contribution in [0.5, 0.6) is 5.75 Å². The predicted octanol–water partition coefficient (Wildman–Crippen LogP) is -0.221. The van der Waals surface area contributed by atoms with E-state index in [1.54, 1.807) is 0 Å². The molecule has 0 unspecified atom stereocenters. The van der Waals surface area contributed by atoms with Crippen LogP contribution in [-0.2, 0) is 0 Å². The monoisotopic (exact) mass is 155 g/mol. The fourth-order valence-electron chi connectivity index (χ4n) is 0.631. The summed E-state index contributed by atoms with van der Waals surface area (Å²) in [4.78, 5) is 23.0. The topological polar surface area (TPSA) is 90.4 Å². The number of aromatic carboxylic acids is 1. The number of aromatic amines is 1. The van der Waals surface area contributed by atoms with E-state index in [1.807, 2.05) is 0 Å². The highest BCUT2D eigenvalue weighted by Crippen LogP contribution is 2.03. The number of carboxylic acid groups (broad SMARTS) is 1. The smallest absolute Gasteiger partial charge is 0.341 e. The number of hydrogen-bond acceptors (Lipinski definition) is 3. The Balaban J connectivity index is 3.35. The van der Waals surface area contributed by atoms with Crippen molar-refractivity contribution in [2.45, 2.75) is 0 Å². The Labute approximate surface area is 60.9 Å². The highest BCUT2D eigenvalue weighted by molar-refractivity contribution is 5.87. The summed E-state index contributed by atoms with van der Waals surface area (Å²) in [5.41, 5.74) is -1.19. The molecule has 0 fully saturated rings. The number of H-pyrrole nitrogens is 1. The lowest BCUT2D eigenvalue weighted by Gasteiger charge is -1.92. The average Bonchev–Trinajstić information content (AvgIpc) is 1.94. The molecule has 0 aliphatic rings. The van der Waals surface area contributed by atoms with Crippen molar-refractivity contribution in [1.82, 2.24) is 4.98 Å². The van der Waals surface area contributed by atoms with Crippen LogP contribution in [0.4, 0.5) is 0 Å². The van der Waals surface area contributed by atoms with Crippen LogP contribution < -0.4 is 5.56 Å². The van der Waals surface area contributed by atoms with Crippen LogP contribution in [0.1, 0.15) is 10.4 Å². The maximum Gasteiger partial charge on any atom is 0.341 e. The molecule has 3 N–H and O–H groups in total. The Bertz CT molecular complexity index is 341. The third-order valence-corrected chi connectivity index (χ3v) is 1.12. The fourth-order valence-corrected chi connectivity index (χ4v) is 0.631. The lowest BCUT2D eigenvalue weighted by Crippen LogP contribution is -2.15. The Hall–Kier alpha value is -1.78. The molecule has 0 aliphatic heterocycles. The molecular weight excluding hydrogens is 150 g/mol. The molecule has 11 heavy (non-hydrogen) atoms. The minimum Gasteiger partial charge on any atom is -0.506 e. The molecule has 0 atom stereocenters. The molecule has 0 saturated heterocycles. The maximum absolute atomic E-state index is 10.7. The van der Waals surface area contributed by atoms with Gasteiger partial charge in [0.2, 0.25) is 0 Å². The van der Waals surface area contributed by atoms with Crippen molar-refractivity contribution < 1.29 is 15.0 Å². The molecule has 1 aromatic rings. The number of carbonyl (C=O) groups is 1. The molecule has 1 aromatic heterocycles. The van der Waals surface area contributed by atoms with Gasteiger partial charge in [0.25, 0.3) is 5.56 Å². The molecule has 0 spiro atoms. The van der Waals surface area contributed by atoms with Gasteiger partial charge in [-0.15, -0.1) is 0 Å². The fraction of sp³-hybridized carbons (Fsp3) is 0. The van der Waals surface area contributed by atoms with Crippen LogP contribution in [0.2, 0.25) is 0 Å². The first kappa shape index (κ1) is 7.33. The quantitative estimate of drug-likeness (QED) is 0.522. The first-order valence-corrected chi connectivity index (χ1v) is 2.76. The second-order valence-electron chi connectivity index (χ2n) is 1.91. The Morgan fingerprint density at radius 1 is 1.55 bits per heavy atom. The van der Waals surface area contributed by atoms with E-state index in [9.17, 15) is 9.59 Å². The zero-order chi connectivity index (χ0) is 8.43. The second kappa shape index (κ2) is 2.45. The Morgan fingerprint density at radius 2 is 2.18 bits per heavy atom. The van der Waals surface area contributed by atoms with Gasteiger partial charge in [-0.2, -0.15) is 0 Å². The summed E-state index contributed by atoms with van der Waals surface area (Å²) in [6.45, 7) is 0. The summed E-state index contributed by atoms with van der Waals surface area (Å²) in [6, 6.07) is 0.890. The van der Waals surface area contributed by atoms with Crippen LogP contribution in [-0.4, -0.2) is 21.2 Å². The molecule has 0 bridgehead atoms. The van der Waals surface area contributed by atoms with Gasteiger partial charge in [-0.05, 0) is 0 Å². The van der Waals surface area contributed by atoms with E-state index in [1.165, 1.54) is 0 Å². The van der Waals surface area contributed by atoms with Crippen molar-refractivity contribution in [2.24, 2.45) is 0 Å². The summed E-state index contributed by atoms with van der Waals surface area (Å²) in [7, 11) is 0.